The number of hydrogen-bond acceptors (Lipinski definition) is 5. The number of methoxy groups -OCH3 is 2. The molecule has 0 fully saturated rings. The normalized spacial score (nSPS) is 12.1. The van der Waals surface area contributed by atoms with Gasteiger partial charge in [0.25, 0.3) is 5.91 Å². The van der Waals surface area contributed by atoms with Crippen molar-refractivity contribution >= 4 is 5.91 Å². The number of nitrogens with zero attached hydrogens (tertiary/aromatic N) is 1. The number of nitrogens with one attached hydrogen (secondary N) is 1. The third-order valence-corrected chi connectivity index (χ3v) is 3.90. The molecule has 1 atom stereocenters. The Balaban J connectivity index is 2.25. The smallest absolute Gasteiger partial charge is 0.257 e. The fraction of sp³-hybridized carbons (Fsp3) is 0.444. The van der Waals surface area contributed by atoms with Crippen LogP contribution in [0.1, 0.15) is 60.1 Å². The van der Waals surface area contributed by atoms with E-state index in [9.17, 15) is 4.79 Å². The monoisotopic (exact) mass is 332 g/mol. The molecule has 1 unspecified atom stereocenters. The van der Waals surface area contributed by atoms with Gasteiger partial charge >= 0.3 is 0 Å². The van der Waals surface area contributed by atoms with Crippen molar-refractivity contribution in [3.63, 3.8) is 0 Å². The van der Waals surface area contributed by atoms with Crippen LogP contribution in [0.4, 0.5) is 0 Å². The van der Waals surface area contributed by atoms with E-state index in [2.05, 4.69) is 10.5 Å². The fourth-order valence-corrected chi connectivity index (χ4v) is 2.58. The molecule has 0 aliphatic heterocycles. The van der Waals surface area contributed by atoms with Gasteiger partial charge < -0.3 is 19.3 Å². The molecule has 0 bridgehead atoms. The maximum atomic E-state index is 12.7. The van der Waals surface area contributed by atoms with Gasteiger partial charge in [0.15, 0.2) is 5.76 Å². The van der Waals surface area contributed by atoms with E-state index in [0.717, 1.165) is 5.56 Å². The molecule has 6 heteroatoms. The number of carbonyl (C=O) groups excluding carboxylic acids is 1. The number of ether oxygens (including phenoxy) is 2. The maximum absolute atomic E-state index is 12.7. The van der Waals surface area contributed by atoms with Crippen LogP contribution in [-0.4, -0.2) is 25.3 Å². The first-order valence-corrected chi connectivity index (χ1v) is 7.88. The summed E-state index contributed by atoms with van der Waals surface area (Å²) >= 11 is 0. The molecule has 1 heterocycles. The van der Waals surface area contributed by atoms with Crippen molar-refractivity contribution in [3.8, 4) is 11.5 Å². The molecule has 0 radical (unpaired) electrons. The molecule has 0 spiro atoms. The van der Waals surface area contributed by atoms with Gasteiger partial charge in [0.1, 0.15) is 17.1 Å². The summed E-state index contributed by atoms with van der Waals surface area (Å²) in [6, 6.07) is 5.27. The summed E-state index contributed by atoms with van der Waals surface area (Å²) in [5, 5.41) is 6.91. The number of carbonyl (C=O) groups is 1. The minimum absolute atomic E-state index is 0.0813. The Morgan fingerprint density at radius 1 is 1.21 bits per heavy atom. The van der Waals surface area contributed by atoms with Gasteiger partial charge in [-0.25, -0.2) is 0 Å². The lowest BCUT2D eigenvalue weighted by Crippen LogP contribution is -2.28. The Bertz CT molecular complexity index is 722. The van der Waals surface area contributed by atoms with Crippen molar-refractivity contribution in [1.82, 2.24) is 10.5 Å². The number of benzene rings is 1. The lowest BCUT2D eigenvalue weighted by Gasteiger charge is -2.18. The molecule has 1 amide bonds. The highest BCUT2D eigenvalue weighted by Crippen LogP contribution is 2.30. The fourth-order valence-electron chi connectivity index (χ4n) is 2.58. The van der Waals surface area contributed by atoms with E-state index in [0.29, 0.717) is 28.5 Å². The summed E-state index contributed by atoms with van der Waals surface area (Å²) in [4.78, 5) is 12.7. The molecular formula is C18H24N2O4. The minimum atomic E-state index is -0.243. The van der Waals surface area contributed by atoms with E-state index in [1.165, 1.54) is 0 Å². The predicted molar refractivity (Wildman–Crippen MR) is 90.8 cm³/mol. The maximum Gasteiger partial charge on any atom is 0.257 e. The molecular weight excluding hydrogens is 308 g/mol. The molecule has 1 N–H and O–H groups in total. The molecule has 0 aliphatic carbocycles. The van der Waals surface area contributed by atoms with Crippen molar-refractivity contribution in [3.05, 3.63) is 40.8 Å². The van der Waals surface area contributed by atoms with Crippen LogP contribution in [0.2, 0.25) is 0 Å². The quantitative estimate of drug-likeness (QED) is 0.874. The SMILES string of the molecule is COc1ccc(C(C)NC(=O)c2c(C)noc2C(C)C)c(OC)c1. The zero-order valence-corrected chi connectivity index (χ0v) is 15.0. The van der Waals surface area contributed by atoms with E-state index in [1.807, 2.05) is 32.9 Å². The molecule has 1 aromatic carbocycles. The highest BCUT2D eigenvalue weighted by molar-refractivity contribution is 5.96. The third kappa shape index (κ3) is 3.53. The first-order chi connectivity index (χ1) is 11.4. The van der Waals surface area contributed by atoms with Crippen molar-refractivity contribution in [2.24, 2.45) is 0 Å². The molecule has 24 heavy (non-hydrogen) atoms. The van der Waals surface area contributed by atoms with Crippen LogP contribution < -0.4 is 14.8 Å². The first-order valence-electron chi connectivity index (χ1n) is 7.88. The van der Waals surface area contributed by atoms with Crippen molar-refractivity contribution in [2.45, 2.75) is 39.7 Å². The number of aromatic nitrogens is 1. The molecule has 0 saturated heterocycles. The van der Waals surface area contributed by atoms with Gasteiger partial charge in [-0.05, 0) is 26.0 Å². The third-order valence-electron chi connectivity index (χ3n) is 3.90. The summed E-state index contributed by atoms with van der Waals surface area (Å²) in [5.74, 6) is 1.83. The Morgan fingerprint density at radius 3 is 2.50 bits per heavy atom. The molecule has 1 aromatic heterocycles. The number of amides is 1. The van der Waals surface area contributed by atoms with E-state index in [1.54, 1.807) is 27.2 Å². The van der Waals surface area contributed by atoms with Crippen molar-refractivity contribution < 1.29 is 18.8 Å². The highest BCUT2D eigenvalue weighted by Gasteiger charge is 2.24. The Morgan fingerprint density at radius 2 is 1.92 bits per heavy atom. The van der Waals surface area contributed by atoms with Crippen molar-refractivity contribution in [2.75, 3.05) is 14.2 Å². The molecule has 6 nitrogen and oxygen atoms in total. The van der Waals surface area contributed by atoms with E-state index >= 15 is 0 Å². The molecule has 130 valence electrons. The number of hydrogen-bond donors (Lipinski definition) is 1. The van der Waals surface area contributed by atoms with E-state index < -0.39 is 0 Å². The predicted octanol–water partition coefficient (Wildman–Crippen LogP) is 3.61. The van der Waals surface area contributed by atoms with Crippen LogP contribution in [0.25, 0.3) is 0 Å². The van der Waals surface area contributed by atoms with Gasteiger partial charge in [0.05, 0.1) is 26.0 Å². The summed E-state index contributed by atoms with van der Waals surface area (Å²) < 4.78 is 15.9. The second kappa shape index (κ2) is 7.38. The largest absolute Gasteiger partial charge is 0.497 e. The molecule has 0 saturated carbocycles. The average Bonchev–Trinajstić information content (AvgIpc) is 2.96. The van der Waals surface area contributed by atoms with Crippen LogP contribution in [0.3, 0.4) is 0 Å². The van der Waals surface area contributed by atoms with Gasteiger partial charge in [0.2, 0.25) is 0 Å². The second-order valence-electron chi connectivity index (χ2n) is 5.96. The summed E-state index contributed by atoms with van der Waals surface area (Å²) in [5.41, 5.74) is 1.96. The van der Waals surface area contributed by atoms with Crippen LogP contribution in [-0.2, 0) is 0 Å². The van der Waals surface area contributed by atoms with Gasteiger partial charge in [0, 0.05) is 17.5 Å². The standard InChI is InChI=1S/C18H24N2O4/c1-10(2)17-16(12(4)20-24-17)18(21)19-11(3)14-8-7-13(22-5)9-15(14)23-6/h7-11H,1-6H3,(H,19,21). The van der Waals surface area contributed by atoms with Crippen LogP contribution in [0.15, 0.2) is 22.7 Å². The number of aryl methyl sites for hydroxylation is 1. The van der Waals surface area contributed by atoms with Gasteiger partial charge in [-0.15, -0.1) is 0 Å². The zero-order chi connectivity index (χ0) is 17.9. The van der Waals surface area contributed by atoms with E-state index in [4.69, 9.17) is 14.0 Å². The molecule has 2 aromatic rings. The lowest BCUT2D eigenvalue weighted by atomic mass is 10.0. The average molecular weight is 332 g/mol. The molecule has 0 aliphatic rings. The summed E-state index contributed by atoms with van der Waals surface area (Å²) in [6.07, 6.45) is 0. The Hall–Kier alpha value is -2.50. The zero-order valence-electron chi connectivity index (χ0n) is 15.0. The Kier molecular flexibility index (Phi) is 5.49. The van der Waals surface area contributed by atoms with Crippen molar-refractivity contribution in [1.29, 1.82) is 0 Å². The van der Waals surface area contributed by atoms with Gasteiger partial charge in [-0.3, -0.25) is 4.79 Å². The van der Waals surface area contributed by atoms with Gasteiger partial charge in [-0.2, -0.15) is 0 Å². The van der Waals surface area contributed by atoms with E-state index in [-0.39, 0.29) is 17.9 Å². The van der Waals surface area contributed by atoms with Crippen LogP contribution in [0, 0.1) is 6.92 Å². The Labute approximate surface area is 142 Å². The van der Waals surface area contributed by atoms with Gasteiger partial charge in [-0.1, -0.05) is 19.0 Å². The molecule has 2 rings (SSSR count). The highest BCUT2D eigenvalue weighted by atomic mass is 16.5. The topological polar surface area (TPSA) is 73.6 Å². The lowest BCUT2D eigenvalue weighted by molar-refractivity contribution is 0.0936. The summed E-state index contributed by atoms with van der Waals surface area (Å²) in [6.45, 7) is 7.60. The number of rotatable bonds is 6. The summed E-state index contributed by atoms with van der Waals surface area (Å²) in [7, 11) is 3.19. The van der Waals surface area contributed by atoms with Crippen LogP contribution >= 0.6 is 0 Å². The second-order valence-corrected chi connectivity index (χ2v) is 5.96. The van der Waals surface area contributed by atoms with Crippen LogP contribution in [0.5, 0.6) is 11.5 Å². The minimum Gasteiger partial charge on any atom is -0.497 e. The first kappa shape index (κ1) is 17.8.